The molecular weight excluding hydrogens is 362 g/mol. The summed E-state index contributed by atoms with van der Waals surface area (Å²) in [5, 5.41) is 18.9. The molecule has 0 aromatic heterocycles. The number of allylic oxidation sites excluding steroid dienone is 1. The number of nitrogens with one attached hydrogen (secondary N) is 1. The van der Waals surface area contributed by atoms with Crippen LogP contribution in [0.2, 0.25) is 0 Å². The number of carbonyl (C=O) groups excluding carboxylic acids is 1. The SMILES string of the molecule is CC(O)=C(C(=N)c1ccccc1)C(=O)N(CCN1CCCCC1)c1ccccc1. The van der Waals surface area contributed by atoms with Crippen molar-refractivity contribution < 1.29 is 9.90 Å². The van der Waals surface area contributed by atoms with E-state index in [-0.39, 0.29) is 23.0 Å². The van der Waals surface area contributed by atoms with Crippen LogP contribution in [-0.2, 0) is 4.79 Å². The summed E-state index contributed by atoms with van der Waals surface area (Å²) >= 11 is 0. The van der Waals surface area contributed by atoms with Crippen LogP contribution in [0.3, 0.4) is 0 Å². The lowest BCUT2D eigenvalue weighted by molar-refractivity contribution is -0.114. The Hall–Kier alpha value is -2.92. The molecule has 0 spiro atoms. The van der Waals surface area contributed by atoms with Crippen molar-refractivity contribution in [1.29, 1.82) is 5.41 Å². The molecule has 0 unspecified atom stereocenters. The number of para-hydroxylation sites is 1. The van der Waals surface area contributed by atoms with Crippen LogP contribution in [-0.4, -0.2) is 47.8 Å². The van der Waals surface area contributed by atoms with Crippen LogP contribution in [0, 0.1) is 5.41 Å². The average Bonchev–Trinajstić information content (AvgIpc) is 2.76. The molecule has 5 heteroatoms. The fourth-order valence-electron chi connectivity index (χ4n) is 3.71. The van der Waals surface area contributed by atoms with Crippen LogP contribution in [0.5, 0.6) is 0 Å². The molecule has 2 aromatic rings. The minimum atomic E-state index is -0.345. The maximum atomic E-state index is 13.5. The summed E-state index contributed by atoms with van der Waals surface area (Å²) in [4.78, 5) is 17.6. The third kappa shape index (κ3) is 5.33. The van der Waals surface area contributed by atoms with E-state index in [1.165, 1.54) is 26.2 Å². The second kappa shape index (κ2) is 10.0. The molecular formula is C24H29N3O2. The molecule has 2 N–H and O–H groups in total. The van der Waals surface area contributed by atoms with E-state index in [1.807, 2.05) is 48.5 Å². The van der Waals surface area contributed by atoms with E-state index in [2.05, 4.69) is 4.90 Å². The first-order chi connectivity index (χ1) is 14.1. The molecule has 0 bridgehead atoms. The molecule has 152 valence electrons. The van der Waals surface area contributed by atoms with Gasteiger partial charge in [-0.15, -0.1) is 0 Å². The van der Waals surface area contributed by atoms with Crippen LogP contribution < -0.4 is 4.90 Å². The van der Waals surface area contributed by atoms with Crippen molar-refractivity contribution in [1.82, 2.24) is 4.90 Å². The van der Waals surface area contributed by atoms with E-state index in [1.54, 1.807) is 17.0 Å². The van der Waals surface area contributed by atoms with Crippen LogP contribution in [0.1, 0.15) is 31.7 Å². The monoisotopic (exact) mass is 391 g/mol. The van der Waals surface area contributed by atoms with Gasteiger partial charge in [-0.2, -0.15) is 0 Å². The molecule has 1 amide bonds. The number of aliphatic hydroxyl groups excluding tert-OH is 1. The summed E-state index contributed by atoms with van der Waals surface area (Å²) in [6.45, 7) is 4.87. The lowest BCUT2D eigenvalue weighted by atomic mass is 10.00. The van der Waals surface area contributed by atoms with Gasteiger partial charge in [0.1, 0.15) is 11.3 Å². The van der Waals surface area contributed by atoms with Gasteiger partial charge in [0.15, 0.2) is 0 Å². The second-order valence-corrected chi connectivity index (χ2v) is 7.40. The predicted octanol–water partition coefficient (Wildman–Crippen LogP) is 4.41. The average molecular weight is 392 g/mol. The zero-order valence-corrected chi connectivity index (χ0v) is 17.0. The Kier molecular flexibility index (Phi) is 7.19. The van der Waals surface area contributed by atoms with Gasteiger partial charge in [-0.05, 0) is 45.0 Å². The summed E-state index contributed by atoms with van der Waals surface area (Å²) in [7, 11) is 0. The van der Waals surface area contributed by atoms with Gasteiger partial charge in [0.05, 0.1) is 5.71 Å². The molecule has 1 aliphatic rings. The Balaban J connectivity index is 1.87. The molecule has 5 nitrogen and oxygen atoms in total. The first-order valence-corrected chi connectivity index (χ1v) is 10.2. The van der Waals surface area contributed by atoms with E-state index in [0.29, 0.717) is 12.1 Å². The van der Waals surface area contributed by atoms with E-state index in [9.17, 15) is 9.90 Å². The van der Waals surface area contributed by atoms with Crippen molar-refractivity contribution in [3.05, 3.63) is 77.6 Å². The minimum Gasteiger partial charge on any atom is -0.512 e. The number of aliphatic hydroxyl groups is 1. The standard InChI is InChI=1S/C24H29N3O2/c1-19(28)22(23(25)20-11-5-2-6-12-20)24(29)27(21-13-7-3-8-14-21)18-17-26-15-9-4-10-16-26/h2-3,5-8,11-14,25,28H,4,9-10,15-18H2,1H3. The minimum absolute atomic E-state index is 0.0366. The number of piperidine rings is 1. The topological polar surface area (TPSA) is 67.6 Å². The fraction of sp³-hybridized carbons (Fsp3) is 0.333. The highest BCUT2D eigenvalue weighted by Gasteiger charge is 2.26. The second-order valence-electron chi connectivity index (χ2n) is 7.40. The Morgan fingerprint density at radius 1 is 1.00 bits per heavy atom. The quantitative estimate of drug-likeness (QED) is 0.417. The van der Waals surface area contributed by atoms with Gasteiger partial charge in [0.2, 0.25) is 0 Å². The molecule has 0 atom stereocenters. The van der Waals surface area contributed by atoms with Gasteiger partial charge < -0.3 is 14.9 Å². The molecule has 1 aliphatic heterocycles. The van der Waals surface area contributed by atoms with E-state index < -0.39 is 0 Å². The van der Waals surface area contributed by atoms with E-state index in [0.717, 1.165) is 25.3 Å². The van der Waals surface area contributed by atoms with Crippen LogP contribution >= 0.6 is 0 Å². The Labute approximate surface area is 172 Å². The Morgan fingerprint density at radius 3 is 2.17 bits per heavy atom. The van der Waals surface area contributed by atoms with Crippen molar-refractivity contribution in [3.63, 3.8) is 0 Å². The van der Waals surface area contributed by atoms with E-state index >= 15 is 0 Å². The maximum absolute atomic E-state index is 13.5. The highest BCUT2D eigenvalue weighted by atomic mass is 16.3. The van der Waals surface area contributed by atoms with Crippen LogP contribution in [0.4, 0.5) is 5.69 Å². The van der Waals surface area contributed by atoms with Gasteiger partial charge in [0, 0.05) is 24.3 Å². The van der Waals surface area contributed by atoms with Gasteiger partial charge in [-0.3, -0.25) is 10.2 Å². The number of hydrogen-bond acceptors (Lipinski definition) is 4. The lowest BCUT2D eigenvalue weighted by Crippen LogP contribution is -2.42. The summed E-state index contributed by atoms with van der Waals surface area (Å²) in [6.07, 6.45) is 3.65. The van der Waals surface area contributed by atoms with Gasteiger partial charge >= 0.3 is 0 Å². The largest absolute Gasteiger partial charge is 0.512 e. The van der Waals surface area contributed by atoms with Crippen molar-refractivity contribution >= 4 is 17.3 Å². The first-order valence-electron chi connectivity index (χ1n) is 10.2. The molecule has 1 heterocycles. The van der Waals surface area contributed by atoms with Gasteiger partial charge in [-0.25, -0.2) is 0 Å². The molecule has 29 heavy (non-hydrogen) atoms. The van der Waals surface area contributed by atoms with Crippen LogP contribution in [0.25, 0.3) is 0 Å². The van der Waals surface area contributed by atoms with Crippen LogP contribution in [0.15, 0.2) is 72.0 Å². The molecule has 0 radical (unpaired) electrons. The fourth-order valence-corrected chi connectivity index (χ4v) is 3.71. The number of amides is 1. The third-order valence-electron chi connectivity index (χ3n) is 5.29. The van der Waals surface area contributed by atoms with Gasteiger partial charge in [-0.1, -0.05) is 55.0 Å². The predicted molar refractivity (Wildman–Crippen MR) is 118 cm³/mol. The highest BCUT2D eigenvalue weighted by molar-refractivity contribution is 6.30. The van der Waals surface area contributed by atoms with Crippen molar-refractivity contribution in [2.24, 2.45) is 0 Å². The van der Waals surface area contributed by atoms with Crippen molar-refractivity contribution in [2.45, 2.75) is 26.2 Å². The number of carbonyl (C=O) groups is 1. The van der Waals surface area contributed by atoms with Crippen molar-refractivity contribution in [3.8, 4) is 0 Å². The summed E-state index contributed by atoms with van der Waals surface area (Å²) in [5.41, 5.74) is 1.45. The highest BCUT2D eigenvalue weighted by Crippen LogP contribution is 2.21. The molecule has 0 aliphatic carbocycles. The number of nitrogens with zero attached hydrogens (tertiary/aromatic N) is 2. The summed E-state index contributed by atoms with van der Waals surface area (Å²) in [6, 6.07) is 18.6. The zero-order valence-electron chi connectivity index (χ0n) is 17.0. The molecule has 0 saturated carbocycles. The molecule has 2 aromatic carbocycles. The maximum Gasteiger partial charge on any atom is 0.263 e. The third-order valence-corrected chi connectivity index (χ3v) is 5.29. The molecule has 1 saturated heterocycles. The number of hydrogen-bond donors (Lipinski definition) is 2. The van der Waals surface area contributed by atoms with Crippen molar-refractivity contribution in [2.75, 3.05) is 31.1 Å². The number of benzene rings is 2. The summed E-state index contributed by atoms with van der Waals surface area (Å²) < 4.78 is 0. The lowest BCUT2D eigenvalue weighted by Gasteiger charge is -2.30. The van der Waals surface area contributed by atoms with E-state index in [4.69, 9.17) is 5.41 Å². The Bertz CT molecular complexity index is 852. The number of anilines is 1. The summed E-state index contributed by atoms with van der Waals surface area (Å²) in [5.74, 6) is -0.482. The molecule has 3 rings (SSSR count). The molecule has 1 fully saturated rings. The number of likely N-dealkylation sites (tertiary alicyclic amines) is 1. The zero-order chi connectivity index (χ0) is 20.6. The smallest absolute Gasteiger partial charge is 0.263 e. The Morgan fingerprint density at radius 2 is 1.59 bits per heavy atom. The number of rotatable bonds is 7. The normalized spacial score (nSPS) is 15.5. The van der Waals surface area contributed by atoms with Gasteiger partial charge in [0.25, 0.3) is 5.91 Å². The first kappa shape index (κ1) is 20.8.